The smallest absolute Gasteiger partial charge is 0.0825 e. The molecule has 0 amide bonds. The van der Waals surface area contributed by atoms with Crippen molar-refractivity contribution in [2.75, 3.05) is 6.61 Å². The summed E-state index contributed by atoms with van der Waals surface area (Å²) >= 11 is 0. The monoisotopic (exact) mass is 432 g/mol. The normalized spacial score (nSPS) is 26.2. The third-order valence-electron chi connectivity index (χ3n) is 8.13. The summed E-state index contributed by atoms with van der Waals surface area (Å²) in [6.07, 6.45) is 16.6. The summed E-state index contributed by atoms with van der Waals surface area (Å²) in [6, 6.07) is 18.6. The topological polar surface area (TPSA) is 9.23 Å². The third-order valence-corrected chi connectivity index (χ3v) is 8.13. The van der Waals surface area contributed by atoms with Crippen LogP contribution in [0.15, 0.2) is 48.5 Å². The molecule has 32 heavy (non-hydrogen) atoms. The van der Waals surface area contributed by atoms with Crippen LogP contribution >= 0.6 is 0 Å². The van der Waals surface area contributed by atoms with Crippen LogP contribution in [-0.2, 0) is 4.74 Å². The Balaban J connectivity index is 1.29. The lowest BCUT2D eigenvalue weighted by Gasteiger charge is -2.29. The minimum absolute atomic E-state index is 0.289. The minimum atomic E-state index is 0.289. The predicted octanol–water partition coefficient (Wildman–Crippen LogP) is 9.48. The fourth-order valence-electron chi connectivity index (χ4n) is 6.01. The molecule has 0 spiro atoms. The van der Waals surface area contributed by atoms with Gasteiger partial charge in [-0.05, 0) is 85.0 Å². The van der Waals surface area contributed by atoms with Gasteiger partial charge in [-0.25, -0.2) is 0 Å². The van der Waals surface area contributed by atoms with Gasteiger partial charge in [-0.3, -0.25) is 0 Å². The molecule has 1 aliphatic carbocycles. The van der Waals surface area contributed by atoms with Crippen molar-refractivity contribution in [2.45, 2.75) is 103 Å². The molecular formula is C31H44O. The number of unbranched alkanes of at least 4 members (excludes halogenated alkanes) is 2. The quantitative estimate of drug-likeness (QED) is 0.358. The molecule has 0 bridgehead atoms. The Morgan fingerprint density at radius 1 is 0.625 bits per heavy atom. The van der Waals surface area contributed by atoms with Gasteiger partial charge in [0.25, 0.3) is 0 Å². The highest BCUT2D eigenvalue weighted by molar-refractivity contribution is 5.64. The van der Waals surface area contributed by atoms with Gasteiger partial charge in [0, 0.05) is 0 Å². The largest absolute Gasteiger partial charge is 0.373 e. The van der Waals surface area contributed by atoms with Gasteiger partial charge in [0.15, 0.2) is 0 Å². The summed E-state index contributed by atoms with van der Waals surface area (Å²) in [5.41, 5.74) is 5.55. The van der Waals surface area contributed by atoms with Crippen molar-refractivity contribution in [1.82, 2.24) is 0 Å². The van der Waals surface area contributed by atoms with Crippen molar-refractivity contribution >= 4 is 0 Å². The highest BCUT2D eigenvalue weighted by Gasteiger charge is 2.23. The highest BCUT2D eigenvalue weighted by atomic mass is 16.5. The number of ether oxygens (including phenoxy) is 1. The van der Waals surface area contributed by atoms with Gasteiger partial charge in [-0.15, -0.1) is 0 Å². The molecule has 2 aromatic rings. The van der Waals surface area contributed by atoms with Gasteiger partial charge >= 0.3 is 0 Å². The van der Waals surface area contributed by atoms with E-state index in [9.17, 15) is 0 Å². The van der Waals surface area contributed by atoms with E-state index in [0.717, 1.165) is 24.4 Å². The summed E-state index contributed by atoms with van der Waals surface area (Å²) in [5, 5.41) is 0. The maximum absolute atomic E-state index is 6.19. The Bertz CT molecular complexity index is 774. The van der Waals surface area contributed by atoms with E-state index < -0.39 is 0 Å². The molecule has 174 valence electrons. The average molecular weight is 433 g/mol. The summed E-state index contributed by atoms with van der Waals surface area (Å²) in [5.74, 6) is 2.53. The SMILES string of the molecule is CCCCCC1CCC(c2ccc(-c3ccc(C4CCC(CCC)CO4)cc3)cc2)CC1. The van der Waals surface area contributed by atoms with E-state index in [0.29, 0.717) is 0 Å². The third kappa shape index (κ3) is 6.25. The summed E-state index contributed by atoms with van der Waals surface area (Å²) in [7, 11) is 0. The van der Waals surface area contributed by atoms with E-state index in [-0.39, 0.29) is 6.10 Å². The molecule has 2 unspecified atom stereocenters. The first-order valence-corrected chi connectivity index (χ1v) is 13.6. The molecular weight excluding hydrogens is 388 g/mol. The van der Waals surface area contributed by atoms with Crippen LogP contribution in [0.4, 0.5) is 0 Å². The molecule has 1 heteroatoms. The fraction of sp³-hybridized carbons (Fsp3) is 0.613. The van der Waals surface area contributed by atoms with Gasteiger partial charge in [-0.2, -0.15) is 0 Å². The lowest BCUT2D eigenvalue weighted by Crippen LogP contribution is -2.20. The molecule has 0 radical (unpaired) electrons. The summed E-state index contributed by atoms with van der Waals surface area (Å²) in [4.78, 5) is 0. The second kappa shape index (κ2) is 12.0. The summed E-state index contributed by atoms with van der Waals surface area (Å²) in [6.45, 7) is 5.52. The van der Waals surface area contributed by atoms with Gasteiger partial charge < -0.3 is 4.74 Å². The van der Waals surface area contributed by atoms with Crippen molar-refractivity contribution in [1.29, 1.82) is 0 Å². The van der Waals surface area contributed by atoms with Crippen LogP contribution in [0.3, 0.4) is 0 Å². The van der Waals surface area contributed by atoms with Crippen molar-refractivity contribution in [3.05, 3.63) is 59.7 Å². The molecule has 2 aliphatic rings. The van der Waals surface area contributed by atoms with Crippen molar-refractivity contribution in [3.63, 3.8) is 0 Å². The molecule has 4 rings (SSSR count). The van der Waals surface area contributed by atoms with Crippen molar-refractivity contribution in [2.24, 2.45) is 11.8 Å². The zero-order chi connectivity index (χ0) is 22.2. The van der Waals surface area contributed by atoms with Crippen LogP contribution in [0.1, 0.15) is 114 Å². The minimum Gasteiger partial charge on any atom is -0.373 e. The standard InChI is InChI=1S/C31H44O/c1-3-5-6-8-24-9-12-26(13-10-24)27-14-16-28(17-15-27)29-18-20-30(21-19-29)31-22-11-25(7-4-2)23-32-31/h14-21,24-26,31H,3-13,22-23H2,1-2H3. The summed E-state index contributed by atoms with van der Waals surface area (Å²) < 4.78 is 6.19. The van der Waals surface area contributed by atoms with Crippen LogP contribution in [0, 0.1) is 11.8 Å². The van der Waals surface area contributed by atoms with Crippen LogP contribution in [0.25, 0.3) is 11.1 Å². The van der Waals surface area contributed by atoms with Gasteiger partial charge in [0.2, 0.25) is 0 Å². The maximum Gasteiger partial charge on any atom is 0.0825 e. The van der Waals surface area contributed by atoms with Gasteiger partial charge in [0.1, 0.15) is 0 Å². The molecule has 2 fully saturated rings. The molecule has 1 nitrogen and oxygen atoms in total. The van der Waals surface area contributed by atoms with E-state index >= 15 is 0 Å². The van der Waals surface area contributed by atoms with E-state index in [1.54, 1.807) is 5.56 Å². The Morgan fingerprint density at radius 2 is 1.25 bits per heavy atom. The lowest BCUT2D eigenvalue weighted by molar-refractivity contribution is -0.0194. The first-order valence-electron chi connectivity index (χ1n) is 13.6. The second-order valence-electron chi connectivity index (χ2n) is 10.5. The molecule has 2 aromatic carbocycles. The molecule has 0 N–H and O–H groups in total. The lowest BCUT2D eigenvalue weighted by atomic mass is 9.77. The Labute approximate surface area is 197 Å². The van der Waals surface area contributed by atoms with E-state index in [1.807, 2.05) is 0 Å². The molecule has 1 saturated heterocycles. The highest BCUT2D eigenvalue weighted by Crippen LogP contribution is 2.38. The van der Waals surface area contributed by atoms with Crippen molar-refractivity contribution in [3.8, 4) is 11.1 Å². The Hall–Kier alpha value is -1.60. The maximum atomic E-state index is 6.19. The zero-order valence-electron chi connectivity index (χ0n) is 20.5. The Kier molecular flexibility index (Phi) is 8.85. The average Bonchev–Trinajstić information content (AvgIpc) is 2.86. The van der Waals surface area contributed by atoms with Crippen molar-refractivity contribution < 1.29 is 4.74 Å². The number of hydrogen-bond acceptors (Lipinski definition) is 1. The zero-order valence-corrected chi connectivity index (χ0v) is 20.5. The van der Waals surface area contributed by atoms with Gasteiger partial charge in [-0.1, -0.05) is 94.5 Å². The fourth-order valence-corrected chi connectivity index (χ4v) is 6.01. The Morgan fingerprint density at radius 3 is 1.81 bits per heavy atom. The first-order chi connectivity index (χ1) is 15.8. The molecule has 1 aliphatic heterocycles. The van der Waals surface area contributed by atoms with Gasteiger partial charge in [0.05, 0.1) is 12.7 Å². The molecule has 1 saturated carbocycles. The number of rotatable bonds is 9. The van der Waals surface area contributed by atoms with E-state index in [2.05, 4.69) is 62.4 Å². The first kappa shape index (κ1) is 23.6. The van der Waals surface area contributed by atoms with E-state index in [1.165, 1.54) is 93.7 Å². The number of hydrogen-bond donors (Lipinski definition) is 0. The predicted molar refractivity (Wildman–Crippen MR) is 137 cm³/mol. The van der Waals surface area contributed by atoms with Crippen LogP contribution in [0.2, 0.25) is 0 Å². The molecule has 1 heterocycles. The number of benzene rings is 2. The van der Waals surface area contributed by atoms with E-state index in [4.69, 9.17) is 4.74 Å². The molecule has 2 atom stereocenters. The second-order valence-corrected chi connectivity index (χ2v) is 10.5. The van der Waals surface area contributed by atoms with Crippen LogP contribution in [0.5, 0.6) is 0 Å². The van der Waals surface area contributed by atoms with Crippen LogP contribution in [-0.4, -0.2) is 6.61 Å². The van der Waals surface area contributed by atoms with Crippen LogP contribution < -0.4 is 0 Å². The molecule has 0 aromatic heterocycles.